The maximum Gasteiger partial charge on any atom is 0.337 e. The Balaban J connectivity index is 2.37. The third kappa shape index (κ3) is 2.30. The Morgan fingerprint density at radius 3 is 2.28 bits per heavy atom. The van der Waals surface area contributed by atoms with Crippen molar-refractivity contribution in [2.75, 3.05) is 0 Å². The van der Waals surface area contributed by atoms with Crippen LogP contribution in [0.4, 0.5) is 0 Å². The maximum atomic E-state index is 11.0. The molecular weight excluding hydrogens is 226 g/mol. The normalized spacial score (nSPS) is 10.9. The van der Waals surface area contributed by atoms with Gasteiger partial charge in [0.15, 0.2) is 0 Å². The Morgan fingerprint density at radius 1 is 1.22 bits per heavy atom. The number of aromatic amines is 1. The van der Waals surface area contributed by atoms with Gasteiger partial charge in [0, 0.05) is 11.4 Å². The van der Waals surface area contributed by atoms with E-state index in [1.807, 2.05) is 12.1 Å². The molecule has 2 aromatic rings. The second-order valence-electron chi connectivity index (χ2n) is 4.80. The molecule has 3 heteroatoms. The standard InChI is InChI=1S/C15H17NO2/c1-9(2)11-4-6-12(7-5-11)14-8-13(15(17)18)10(3)16-14/h4-9,16H,1-3H3,(H,17,18). The average Bonchev–Trinajstić information content (AvgIpc) is 2.71. The Morgan fingerprint density at radius 2 is 1.83 bits per heavy atom. The lowest BCUT2D eigenvalue weighted by Crippen LogP contribution is -1.95. The first-order valence-electron chi connectivity index (χ1n) is 6.02. The zero-order valence-corrected chi connectivity index (χ0v) is 10.8. The van der Waals surface area contributed by atoms with Crippen LogP contribution in [0.3, 0.4) is 0 Å². The molecule has 0 saturated heterocycles. The SMILES string of the molecule is Cc1[nH]c(-c2ccc(C(C)C)cc2)cc1C(=O)O. The van der Waals surface area contributed by atoms with Gasteiger partial charge in [-0.1, -0.05) is 38.1 Å². The van der Waals surface area contributed by atoms with Gasteiger partial charge in [-0.25, -0.2) is 4.79 Å². The maximum absolute atomic E-state index is 11.0. The van der Waals surface area contributed by atoms with Gasteiger partial charge >= 0.3 is 5.97 Å². The summed E-state index contributed by atoms with van der Waals surface area (Å²) in [4.78, 5) is 14.1. The third-order valence-corrected chi connectivity index (χ3v) is 3.13. The fourth-order valence-electron chi connectivity index (χ4n) is 1.98. The molecule has 0 aliphatic rings. The van der Waals surface area contributed by atoms with E-state index in [0.717, 1.165) is 11.3 Å². The number of nitrogens with one attached hydrogen (secondary N) is 1. The summed E-state index contributed by atoms with van der Waals surface area (Å²) >= 11 is 0. The van der Waals surface area contributed by atoms with E-state index in [2.05, 4.69) is 31.0 Å². The molecule has 1 heterocycles. The Labute approximate surface area is 106 Å². The first-order chi connectivity index (χ1) is 8.49. The fraction of sp³-hybridized carbons (Fsp3) is 0.267. The van der Waals surface area contributed by atoms with Crippen LogP contribution in [0.15, 0.2) is 30.3 Å². The largest absolute Gasteiger partial charge is 0.478 e. The molecule has 0 fully saturated rings. The molecule has 0 aliphatic heterocycles. The van der Waals surface area contributed by atoms with Crippen LogP contribution < -0.4 is 0 Å². The van der Waals surface area contributed by atoms with E-state index in [4.69, 9.17) is 5.11 Å². The lowest BCUT2D eigenvalue weighted by Gasteiger charge is -2.05. The van der Waals surface area contributed by atoms with Gasteiger partial charge in [0.1, 0.15) is 0 Å². The summed E-state index contributed by atoms with van der Waals surface area (Å²) in [5.41, 5.74) is 4.15. The Bertz CT molecular complexity index is 565. The van der Waals surface area contributed by atoms with Crippen LogP contribution in [0, 0.1) is 6.92 Å². The molecule has 2 N–H and O–H groups in total. The van der Waals surface area contributed by atoms with Crippen LogP contribution in [0.2, 0.25) is 0 Å². The molecule has 94 valence electrons. The van der Waals surface area contributed by atoms with Gasteiger partial charge in [-0.05, 0) is 30.0 Å². The second kappa shape index (κ2) is 4.69. The van der Waals surface area contributed by atoms with Crippen LogP contribution in [-0.4, -0.2) is 16.1 Å². The zero-order chi connectivity index (χ0) is 13.3. The molecule has 0 saturated carbocycles. The molecule has 0 amide bonds. The molecule has 0 radical (unpaired) electrons. The molecule has 0 unspecified atom stereocenters. The van der Waals surface area contributed by atoms with Gasteiger partial charge in [0.25, 0.3) is 0 Å². The van der Waals surface area contributed by atoms with Crippen molar-refractivity contribution in [1.82, 2.24) is 4.98 Å². The molecular formula is C15H17NO2. The number of aryl methyl sites for hydroxylation is 1. The van der Waals surface area contributed by atoms with E-state index in [-0.39, 0.29) is 0 Å². The molecule has 0 bridgehead atoms. The van der Waals surface area contributed by atoms with Crippen LogP contribution >= 0.6 is 0 Å². The van der Waals surface area contributed by atoms with Gasteiger partial charge in [-0.15, -0.1) is 0 Å². The summed E-state index contributed by atoms with van der Waals surface area (Å²) < 4.78 is 0. The highest BCUT2D eigenvalue weighted by atomic mass is 16.4. The second-order valence-corrected chi connectivity index (χ2v) is 4.80. The molecule has 2 rings (SSSR count). The summed E-state index contributed by atoms with van der Waals surface area (Å²) in [6, 6.07) is 9.88. The highest BCUT2D eigenvalue weighted by Crippen LogP contribution is 2.24. The summed E-state index contributed by atoms with van der Waals surface area (Å²) in [5.74, 6) is -0.396. The van der Waals surface area contributed by atoms with Crippen LogP contribution in [0.1, 0.15) is 41.4 Å². The summed E-state index contributed by atoms with van der Waals surface area (Å²) in [5, 5.41) is 9.02. The molecule has 1 aromatic heterocycles. The molecule has 0 spiro atoms. The molecule has 3 nitrogen and oxygen atoms in total. The number of rotatable bonds is 3. The van der Waals surface area contributed by atoms with Crippen molar-refractivity contribution in [3.8, 4) is 11.3 Å². The number of aromatic nitrogens is 1. The highest BCUT2D eigenvalue weighted by Gasteiger charge is 2.12. The minimum Gasteiger partial charge on any atom is -0.478 e. The predicted molar refractivity (Wildman–Crippen MR) is 72.0 cm³/mol. The minimum absolute atomic E-state index is 0.331. The highest BCUT2D eigenvalue weighted by molar-refractivity contribution is 5.90. The van der Waals surface area contributed by atoms with Crippen LogP contribution in [0.25, 0.3) is 11.3 Å². The molecule has 18 heavy (non-hydrogen) atoms. The number of aromatic carboxylic acids is 1. The first kappa shape index (κ1) is 12.4. The topological polar surface area (TPSA) is 53.1 Å². The van der Waals surface area contributed by atoms with E-state index < -0.39 is 5.97 Å². The van der Waals surface area contributed by atoms with Gasteiger partial charge in [-0.3, -0.25) is 0 Å². The molecule has 1 aromatic carbocycles. The van der Waals surface area contributed by atoms with Crippen molar-refractivity contribution in [2.45, 2.75) is 26.7 Å². The smallest absolute Gasteiger partial charge is 0.337 e. The van der Waals surface area contributed by atoms with E-state index in [9.17, 15) is 4.79 Å². The zero-order valence-electron chi connectivity index (χ0n) is 10.8. The first-order valence-corrected chi connectivity index (χ1v) is 6.02. The monoisotopic (exact) mass is 243 g/mol. The summed E-state index contributed by atoms with van der Waals surface area (Å²) in [6.07, 6.45) is 0. The number of carboxylic acid groups (broad SMARTS) is 1. The summed E-state index contributed by atoms with van der Waals surface area (Å²) in [7, 11) is 0. The summed E-state index contributed by atoms with van der Waals surface area (Å²) in [6.45, 7) is 6.07. The Kier molecular flexibility index (Phi) is 3.24. The number of carboxylic acids is 1. The van der Waals surface area contributed by atoms with E-state index in [0.29, 0.717) is 17.2 Å². The van der Waals surface area contributed by atoms with E-state index >= 15 is 0 Å². The predicted octanol–water partition coefficient (Wildman–Crippen LogP) is 3.81. The van der Waals surface area contributed by atoms with Crippen molar-refractivity contribution in [1.29, 1.82) is 0 Å². The Hall–Kier alpha value is -2.03. The van der Waals surface area contributed by atoms with Crippen LogP contribution in [-0.2, 0) is 0 Å². The number of hydrogen-bond acceptors (Lipinski definition) is 1. The van der Waals surface area contributed by atoms with Gasteiger partial charge in [0.2, 0.25) is 0 Å². The lowest BCUT2D eigenvalue weighted by atomic mass is 10.0. The average molecular weight is 243 g/mol. The number of H-pyrrole nitrogens is 1. The van der Waals surface area contributed by atoms with Crippen LogP contribution in [0.5, 0.6) is 0 Å². The lowest BCUT2D eigenvalue weighted by molar-refractivity contribution is 0.0696. The van der Waals surface area contributed by atoms with Gasteiger partial charge < -0.3 is 10.1 Å². The van der Waals surface area contributed by atoms with Crippen molar-refractivity contribution < 1.29 is 9.90 Å². The van der Waals surface area contributed by atoms with Crippen molar-refractivity contribution >= 4 is 5.97 Å². The minimum atomic E-state index is -0.895. The van der Waals surface area contributed by atoms with Crippen molar-refractivity contribution in [2.24, 2.45) is 0 Å². The number of benzene rings is 1. The fourth-order valence-corrected chi connectivity index (χ4v) is 1.98. The van der Waals surface area contributed by atoms with Crippen molar-refractivity contribution in [3.05, 3.63) is 47.2 Å². The molecule has 0 aliphatic carbocycles. The third-order valence-electron chi connectivity index (χ3n) is 3.13. The van der Waals surface area contributed by atoms with Crippen molar-refractivity contribution in [3.63, 3.8) is 0 Å². The number of hydrogen-bond donors (Lipinski definition) is 2. The van der Waals surface area contributed by atoms with E-state index in [1.165, 1.54) is 5.56 Å². The quantitative estimate of drug-likeness (QED) is 0.861. The number of carbonyl (C=O) groups is 1. The molecule has 0 atom stereocenters. The van der Waals surface area contributed by atoms with E-state index in [1.54, 1.807) is 13.0 Å². The van der Waals surface area contributed by atoms with Gasteiger partial charge in [-0.2, -0.15) is 0 Å². The van der Waals surface area contributed by atoms with Gasteiger partial charge in [0.05, 0.1) is 5.56 Å².